The quantitative estimate of drug-likeness (QED) is 0.440. The molecule has 6 nitrogen and oxygen atoms in total. The monoisotopic (exact) mass is 396 g/mol. The highest BCUT2D eigenvalue weighted by Crippen LogP contribution is 2.30. The highest BCUT2D eigenvalue weighted by molar-refractivity contribution is 7.99. The Bertz CT molecular complexity index is 597. The van der Waals surface area contributed by atoms with E-state index in [-0.39, 0.29) is 6.42 Å². The lowest BCUT2D eigenvalue weighted by atomic mass is 9.87. The second-order valence-corrected chi connectivity index (χ2v) is 8.46. The van der Waals surface area contributed by atoms with Crippen LogP contribution in [0.15, 0.2) is 18.3 Å². The molecule has 2 rings (SSSR count). The molecular formula is C20H32N2O4S. The van der Waals surface area contributed by atoms with E-state index >= 15 is 0 Å². The first-order chi connectivity index (χ1) is 13.0. The summed E-state index contributed by atoms with van der Waals surface area (Å²) in [6.07, 6.45) is 8.37. The zero-order valence-corrected chi connectivity index (χ0v) is 16.9. The number of rotatable bonds is 13. The molecule has 0 aliphatic heterocycles. The number of carboxylic acids is 1. The number of aliphatic carboxylic acids is 1. The van der Waals surface area contributed by atoms with Crippen molar-refractivity contribution in [3.63, 3.8) is 0 Å². The molecule has 27 heavy (non-hydrogen) atoms. The van der Waals surface area contributed by atoms with E-state index in [2.05, 4.69) is 11.9 Å². The number of carboxylic acid groups (broad SMARTS) is 1. The van der Waals surface area contributed by atoms with Gasteiger partial charge in [0.15, 0.2) is 5.60 Å². The van der Waals surface area contributed by atoms with E-state index in [0.717, 1.165) is 25.0 Å². The number of pyridine rings is 1. The number of thioether (sulfide) groups is 1. The van der Waals surface area contributed by atoms with Gasteiger partial charge in [0.2, 0.25) is 0 Å². The predicted octanol–water partition coefficient (Wildman–Crippen LogP) is 2.87. The molecule has 0 amide bonds. The number of nitrogens with zero attached hydrogens (tertiary/aromatic N) is 1. The summed E-state index contributed by atoms with van der Waals surface area (Å²) in [5.74, 6) is 1.42. The maximum Gasteiger partial charge on any atom is 0.337 e. The minimum absolute atomic E-state index is 0.139. The summed E-state index contributed by atoms with van der Waals surface area (Å²) in [5, 5.41) is 20.4. The fourth-order valence-electron chi connectivity index (χ4n) is 2.99. The summed E-state index contributed by atoms with van der Waals surface area (Å²) in [7, 11) is 0. The molecular weight excluding hydrogens is 364 g/mol. The van der Waals surface area contributed by atoms with Crippen molar-refractivity contribution < 1.29 is 19.7 Å². The van der Waals surface area contributed by atoms with Crippen LogP contribution in [-0.2, 0) is 11.2 Å². The molecule has 0 radical (unpaired) electrons. The highest BCUT2D eigenvalue weighted by Gasteiger charge is 2.43. The van der Waals surface area contributed by atoms with Crippen LogP contribution in [0.2, 0.25) is 0 Å². The van der Waals surface area contributed by atoms with E-state index in [4.69, 9.17) is 10.5 Å². The summed E-state index contributed by atoms with van der Waals surface area (Å²) < 4.78 is 5.69. The van der Waals surface area contributed by atoms with Gasteiger partial charge in [-0.25, -0.2) is 4.79 Å². The Hall–Kier alpha value is -1.31. The lowest BCUT2D eigenvalue weighted by Gasteiger charge is -2.31. The molecule has 1 aromatic rings. The van der Waals surface area contributed by atoms with Crippen LogP contribution in [0.5, 0.6) is 5.75 Å². The lowest BCUT2D eigenvalue weighted by molar-refractivity contribution is -0.160. The number of aliphatic hydroxyl groups is 1. The minimum Gasteiger partial charge on any atom is -0.493 e. The molecule has 0 spiro atoms. The van der Waals surface area contributed by atoms with Gasteiger partial charge in [-0.2, -0.15) is 11.8 Å². The van der Waals surface area contributed by atoms with Crippen LogP contribution in [0.25, 0.3) is 0 Å². The second kappa shape index (κ2) is 10.9. The molecule has 1 fully saturated rings. The van der Waals surface area contributed by atoms with Crippen molar-refractivity contribution in [1.82, 2.24) is 4.98 Å². The predicted molar refractivity (Wildman–Crippen MR) is 108 cm³/mol. The Balaban J connectivity index is 1.93. The van der Waals surface area contributed by atoms with Gasteiger partial charge in [-0.05, 0) is 37.0 Å². The van der Waals surface area contributed by atoms with Gasteiger partial charge in [0, 0.05) is 30.1 Å². The second-order valence-electron chi connectivity index (χ2n) is 7.39. The van der Waals surface area contributed by atoms with Crippen LogP contribution in [-0.4, -0.2) is 50.9 Å². The number of carbonyl (C=O) groups is 1. The van der Waals surface area contributed by atoms with Crippen molar-refractivity contribution in [3.05, 3.63) is 24.0 Å². The van der Waals surface area contributed by atoms with E-state index in [0.29, 0.717) is 29.7 Å². The van der Waals surface area contributed by atoms with Crippen molar-refractivity contribution in [2.45, 2.75) is 63.5 Å². The molecule has 0 bridgehead atoms. The Morgan fingerprint density at radius 3 is 2.89 bits per heavy atom. The van der Waals surface area contributed by atoms with E-state index in [1.165, 1.54) is 19.3 Å². The fraction of sp³-hybridized carbons (Fsp3) is 0.700. The first kappa shape index (κ1) is 22.0. The molecule has 4 N–H and O–H groups in total. The van der Waals surface area contributed by atoms with Crippen molar-refractivity contribution in [3.8, 4) is 5.75 Å². The van der Waals surface area contributed by atoms with E-state index < -0.39 is 17.6 Å². The molecule has 1 saturated carbocycles. The molecule has 0 unspecified atom stereocenters. The molecule has 1 aliphatic carbocycles. The van der Waals surface area contributed by atoms with Gasteiger partial charge in [-0.3, -0.25) is 4.98 Å². The number of hydrogen-bond acceptors (Lipinski definition) is 6. The first-order valence-corrected chi connectivity index (χ1v) is 11.0. The third-order valence-electron chi connectivity index (χ3n) is 5.11. The average Bonchev–Trinajstić information content (AvgIpc) is 2.60. The largest absolute Gasteiger partial charge is 0.493 e. The van der Waals surface area contributed by atoms with Crippen molar-refractivity contribution in [2.24, 2.45) is 11.7 Å². The van der Waals surface area contributed by atoms with Gasteiger partial charge in [0.05, 0.1) is 12.6 Å². The number of aromatic nitrogens is 1. The van der Waals surface area contributed by atoms with Crippen LogP contribution in [0.4, 0.5) is 0 Å². The maximum absolute atomic E-state index is 11.8. The van der Waals surface area contributed by atoms with Crippen molar-refractivity contribution >= 4 is 17.7 Å². The van der Waals surface area contributed by atoms with Gasteiger partial charge in [-0.1, -0.05) is 26.2 Å². The number of nitrogens with two attached hydrogens (primary N) is 1. The third-order valence-corrected chi connectivity index (χ3v) is 6.42. The average molecular weight is 397 g/mol. The smallest absolute Gasteiger partial charge is 0.337 e. The summed E-state index contributed by atoms with van der Waals surface area (Å²) in [6, 6.07) is 2.56. The lowest BCUT2D eigenvalue weighted by Crippen LogP contribution is -2.57. The molecule has 152 valence electrons. The summed E-state index contributed by atoms with van der Waals surface area (Å²) in [4.78, 5) is 16.0. The van der Waals surface area contributed by atoms with Crippen LogP contribution < -0.4 is 10.5 Å². The molecule has 0 aromatic carbocycles. The SMILES string of the molecule is CCCCCOc1ccnc(C[C@](O)(C(=O)O)[C@@H](N)CSCC2CCC2)c1. The molecule has 7 heteroatoms. The van der Waals surface area contributed by atoms with Gasteiger partial charge in [-0.15, -0.1) is 0 Å². The van der Waals surface area contributed by atoms with E-state index in [1.54, 1.807) is 30.1 Å². The standard InChI is InChI=1S/C20H32N2O4S/c1-2-3-4-10-26-17-8-9-22-16(11-17)12-20(25,19(23)24)18(21)14-27-13-15-6-5-7-15/h8-9,11,15,18,25H,2-7,10,12-14,21H2,1H3,(H,23,24)/t18-,20+/m0/s1. The summed E-state index contributed by atoms with van der Waals surface area (Å²) in [5.41, 5.74) is 4.51. The molecule has 1 aliphatic rings. The van der Waals surface area contributed by atoms with Gasteiger partial charge in [0.25, 0.3) is 0 Å². The summed E-state index contributed by atoms with van der Waals surface area (Å²) >= 11 is 1.63. The molecule has 2 atom stereocenters. The Morgan fingerprint density at radius 2 is 2.26 bits per heavy atom. The van der Waals surface area contributed by atoms with Gasteiger partial charge >= 0.3 is 5.97 Å². The zero-order chi connectivity index (χ0) is 19.7. The number of unbranched alkanes of at least 4 members (excludes halogenated alkanes) is 2. The van der Waals surface area contributed by atoms with Gasteiger partial charge < -0.3 is 20.7 Å². The topological polar surface area (TPSA) is 106 Å². The normalized spacial score (nSPS) is 17.7. The van der Waals surface area contributed by atoms with Crippen LogP contribution >= 0.6 is 11.8 Å². The zero-order valence-electron chi connectivity index (χ0n) is 16.1. The Labute approximate surface area is 165 Å². The van der Waals surface area contributed by atoms with Crippen molar-refractivity contribution in [1.29, 1.82) is 0 Å². The molecule has 1 aromatic heterocycles. The number of ether oxygens (including phenoxy) is 1. The highest BCUT2D eigenvalue weighted by atomic mass is 32.2. The van der Waals surface area contributed by atoms with Crippen molar-refractivity contribution in [2.75, 3.05) is 18.1 Å². The van der Waals surface area contributed by atoms with E-state index in [1.807, 2.05) is 0 Å². The van der Waals surface area contributed by atoms with Crippen LogP contribution in [0.3, 0.4) is 0 Å². The first-order valence-electron chi connectivity index (χ1n) is 9.82. The van der Waals surface area contributed by atoms with Gasteiger partial charge in [0.1, 0.15) is 5.75 Å². The fourth-order valence-corrected chi connectivity index (χ4v) is 4.32. The van der Waals surface area contributed by atoms with Crippen LogP contribution in [0, 0.1) is 5.92 Å². The Morgan fingerprint density at radius 1 is 1.48 bits per heavy atom. The Kier molecular flexibility index (Phi) is 8.86. The summed E-state index contributed by atoms with van der Waals surface area (Å²) in [6.45, 7) is 2.74. The maximum atomic E-state index is 11.8. The van der Waals surface area contributed by atoms with E-state index in [9.17, 15) is 15.0 Å². The third kappa shape index (κ3) is 6.66. The minimum atomic E-state index is -2.04. The molecule has 0 saturated heterocycles. The molecule has 1 heterocycles. The van der Waals surface area contributed by atoms with Crippen LogP contribution in [0.1, 0.15) is 51.1 Å². The number of hydrogen-bond donors (Lipinski definition) is 3.